The van der Waals surface area contributed by atoms with Gasteiger partial charge >= 0.3 is 0 Å². The van der Waals surface area contributed by atoms with E-state index in [-0.39, 0.29) is 11.5 Å². The van der Waals surface area contributed by atoms with E-state index in [0.29, 0.717) is 0 Å². The van der Waals surface area contributed by atoms with Crippen LogP contribution in [0.5, 0.6) is 0 Å². The lowest BCUT2D eigenvalue weighted by atomic mass is 9.75. The molecule has 0 aliphatic heterocycles. The first kappa shape index (κ1) is 11.3. The Hall–Kier alpha value is -1.20. The lowest BCUT2D eigenvalue weighted by Crippen LogP contribution is -2.26. The van der Waals surface area contributed by atoms with Crippen LogP contribution in [0.3, 0.4) is 0 Å². The van der Waals surface area contributed by atoms with E-state index in [9.17, 15) is 5.11 Å². The van der Waals surface area contributed by atoms with Crippen molar-refractivity contribution in [1.29, 1.82) is 0 Å². The average molecular weight is 217 g/mol. The summed E-state index contributed by atoms with van der Waals surface area (Å²) in [5.41, 5.74) is 2.54. The number of aliphatic hydroxyl groups excluding tert-OH is 1. The van der Waals surface area contributed by atoms with Crippen LogP contribution in [0.15, 0.2) is 12.3 Å². The molecule has 86 valence electrons. The second-order valence-corrected chi connectivity index (χ2v) is 5.43. The molecule has 2 heteroatoms. The number of aliphatic hydroxyl groups is 1. The summed E-state index contributed by atoms with van der Waals surface area (Å²) in [5.74, 6) is 2.66. The van der Waals surface area contributed by atoms with Gasteiger partial charge in [0.1, 0.15) is 0 Å². The van der Waals surface area contributed by atoms with Crippen LogP contribution >= 0.6 is 0 Å². The lowest BCUT2D eigenvalue weighted by molar-refractivity contribution is 0.0980. The molecule has 1 aliphatic rings. The van der Waals surface area contributed by atoms with Gasteiger partial charge in [0.15, 0.2) is 0 Å². The maximum atomic E-state index is 10.1. The molecule has 0 bridgehead atoms. The van der Waals surface area contributed by atoms with Gasteiger partial charge in [0.25, 0.3) is 0 Å². The molecule has 1 unspecified atom stereocenters. The molecule has 1 aromatic rings. The first-order valence-electron chi connectivity index (χ1n) is 5.83. The van der Waals surface area contributed by atoms with Gasteiger partial charge in [-0.15, -0.1) is 12.3 Å². The van der Waals surface area contributed by atoms with Crippen LogP contribution in [-0.2, 0) is 13.0 Å². The van der Waals surface area contributed by atoms with Gasteiger partial charge in [-0.1, -0.05) is 13.8 Å². The highest BCUT2D eigenvalue weighted by Gasteiger charge is 2.32. The molecule has 0 saturated heterocycles. The van der Waals surface area contributed by atoms with Gasteiger partial charge in [-0.05, 0) is 24.3 Å². The second-order valence-electron chi connectivity index (χ2n) is 5.43. The number of fused-ring (bicyclic) bond motifs is 1. The number of rotatable bonds is 2. The predicted molar refractivity (Wildman–Crippen MR) is 64.9 cm³/mol. The molecule has 0 saturated carbocycles. The zero-order valence-corrected chi connectivity index (χ0v) is 10.0. The fourth-order valence-electron chi connectivity index (χ4n) is 2.58. The summed E-state index contributed by atoms with van der Waals surface area (Å²) in [6, 6.07) is 2.03. The van der Waals surface area contributed by atoms with Crippen molar-refractivity contribution in [3.63, 3.8) is 0 Å². The molecule has 0 spiro atoms. The molecule has 0 aromatic carbocycles. The van der Waals surface area contributed by atoms with Gasteiger partial charge in [0, 0.05) is 30.4 Å². The van der Waals surface area contributed by atoms with Crippen LogP contribution in [0, 0.1) is 17.8 Å². The van der Waals surface area contributed by atoms with Gasteiger partial charge < -0.3 is 9.67 Å². The third kappa shape index (κ3) is 2.01. The van der Waals surface area contributed by atoms with E-state index in [1.807, 2.05) is 12.3 Å². The maximum Gasteiger partial charge on any atom is 0.0812 e. The molecule has 2 nitrogen and oxygen atoms in total. The van der Waals surface area contributed by atoms with Gasteiger partial charge in [0.05, 0.1) is 6.10 Å². The lowest BCUT2D eigenvalue weighted by Gasteiger charge is -2.33. The minimum Gasteiger partial charge on any atom is -0.388 e. The van der Waals surface area contributed by atoms with E-state index < -0.39 is 0 Å². The molecule has 1 N–H and O–H groups in total. The highest BCUT2D eigenvalue weighted by molar-refractivity contribution is 5.29. The molecule has 0 amide bonds. The predicted octanol–water partition coefficient (Wildman–Crippen LogP) is 2.52. The smallest absolute Gasteiger partial charge is 0.0812 e. The van der Waals surface area contributed by atoms with Crippen LogP contribution in [0.4, 0.5) is 0 Å². The minimum atomic E-state index is -0.314. The third-order valence-corrected chi connectivity index (χ3v) is 3.36. The van der Waals surface area contributed by atoms with Crippen LogP contribution in [-0.4, -0.2) is 9.67 Å². The van der Waals surface area contributed by atoms with E-state index in [0.717, 1.165) is 31.4 Å². The monoisotopic (exact) mass is 217 g/mol. The normalized spacial score (nSPS) is 22.5. The van der Waals surface area contributed by atoms with E-state index >= 15 is 0 Å². The van der Waals surface area contributed by atoms with Crippen molar-refractivity contribution in [2.75, 3.05) is 0 Å². The minimum absolute atomic E-state index is 0.179. The molecule has 16 heavy (non-hydrogen) atoms. The molecule has 1 aromatic heterocycles. The van der Waals surface area contributed by atoms with Crippen LogP contribution in [0.25, 0.3) is 0 Å². The zero-order valence-electron chi connectivity index (χ0n) is 10.0. The third-order valence-electron chi connectivity index (χ3n) is 3.36. The van der Waals surface area contributed by atoms with Crippen molar-refractivity contribution in [2.45, 2.75) is 45.8 Å². The Kier molecular flexibility index (Phi) is 2.82. The molecule has 1 heterocycles. The van der Waals surface area contributed by atoms with Crippen LogP contribution in [0.2, 0.25) is 0 Å². The van der Waals surface area contributed by atoms with Crippen molar-refractivity contribution >= 4 is 0 Å². The number of hydrogen-bond donors (Lipinski definition) is 1. The molecular formula is C14H19NO. The SMILES string of the molecule is C#CCCn1ccc2c1CC(C)(C)CC2O. The fourth-order valence-corrected chi connectivity index (χ4v) is 2.58. The van der Waals surface area contributed by atoms with Crippen molar-refractivity contribution in [1.82, 2.24) is 4.57 Å². The van der Waals surface area contributed by atoms with Crippen LogP contribution in [0.1, 0.15) is 44.1 Å². The largest absolute Gasteiger partial charge is 0.388 e. The number of hydrogen-bond acceptors (Lipinski definition) is 1. The molecule has 1 aliphatic carbocycles. The summed E-state index contributed by atoms with van der Waals surface area (Å²) < 4.78 is 2.19. The van der Waals surface area contributed by atoms with E-state index in [2.05, 4.69) is 24.3 Å². The summed E-state index contributed by atoms with van der Waals surface area (Å²) in [4.78, 5) is 0. The van der Waals surface area contributed by atoms with Crippen LogP contribution < -0.4 is 0 Å². The quantitative estimate of drug-likeness (QED) is 0.757. The van der Waals surface area contributed by atoms with Gasteiger partial charge in [0.2, 0.25) is 0 Å². The zero-order chi connectivity index (χ0) is 11.8. The average Bonchev–Trinajstić information content (AvgIpc) is 2.56. The Morgan fingerprint density at radius 2 is 2.38 bits per heavy atom. The summed E-state index contributed by atoms with van der Waals surface area (Å²) >= 11 is 0. The Morgan fingerprint density at radius 1 is 1.62 bits per heavy atom. The number of terminal acetylenes is 1. The number of aromatic nitrogens is 1. The summed E-state index contributed by atoms with van der Waals surface area (Å²) in [6.45, 7) is 5.27. The van der Waals surface area contributed by atoms with Crippen molar-refractivity contribution < 1.29 is 5.11 Å². The summed E-state index contributed by atoms with van der Waals surface area (Å²) in [6.07, 6.45) is 9.64. The second kappa shape index (κ2) is 3.99. The van der Waals surface area contributed by atoms with Gasteiger partial charge in [-0.3, -0.25) is 0 Å². The first-order valence-corrected chi connectivity index (χ1v) is 5.83. The Bertz CT molecular complexity index is 422. The van der Waals surface area contributed by atoms with E-state index in [1.165, 1.54) is 5.69 Å². The molecule has 1 atom stereocenters. The Balaban J connectivity index is 2.30. The Labute approximate surface area is 97.3 Å². The molecule has 0 radical (unpaired) electrons. The highest BCUT2D eigenvalue weighted by atomic mass is 16.3. The van der Waals surface area contributed by atoms with Crippen molar-refractivity contribution in [3.05, 3.63) is 23.5 Å². The van der Waals surface area contributed by atoms with Crippen molar-refractivity contribution in [3.8, 4) is 12.3 Å². The van der Waals surface area contributed by atoms with E-state index in [1.54, 1.807) is 0 Å². The van der Waals surface area contributed by atoms with Crippen molar-refractivity contribution in [2.24, 2.45) is 5.41 Å². The molecular weight excluding hydrogens is 198 g/mol. The molecule has 0 fully saturated rings. The maximum absolute atomic E-state index is 10.1. The summed E-state index contributed by atoms with van der Waals surface area (Å²) in [7, 11) is 0. The molecule has 2 rings (SSSR count). The number of nitrogens with zero attached hydrogens (tertiary/aromatic N) is 1. The van der Waals surface area contributed by atoms with Gasteiger partial charge in [-0.25, -0.2) is 0 Å². The first-order chi connectivity index (χ1) is 7.53. The highest BCUT2D eigenvalue weighted by Crippen LogP contribution is 2.41. The Morgan fingerprint density at radius 3 is 3.06 bits per heavy atom. The van der Waals surface area contributed by atoms with Gasteiger partial charge in [-0.2, -0.15) is 0 Å². The topological polar surface area (TPSA) is 25.2 Å². The fraction of sp³-hybridized carbons (Fsp3) is 0.571. The number of aryl methyl sites for hydroxylation is 1. The van der Waals surface area contributed by atoms with E-state index in [4.69, 9.17) is 6.42 Å². The summed E-state index contributed by atoms with van der Waals surface area (Å²) in [5, 5.41) is 10.1. The standard InChI is InChI=1S/C14H19NO/c1-4-5-7-15-8-6-11-12(15)9-14(2,3)10-13(11)16/h1,6,8,13,16H,5,7,9-10H2,2-3H3.